The molecule has 0 bridgehead atoms. The fourth-order valence-corrected chi connectivity index (χ4v) is 1.87. The second-order valence-corrected chi connectivity index (χ2v) is 7.39. The zero-order valence-corrected chi connectivity index (χ0v) is 17.3. The summed E-state index contributed by atoms with van der Waals surface area (Å²) in [5.74, 6) is -12.8. The van der Waals surface area contributed by atoms with Crippen molar-refractivity contribution in [2.45, 2.75) is 63.2 Å². The maximum Gasteiger partial charge on any atom is 0.468 e. The van der Waals surface area contributed by atoms with Crippen LogP contribution in [0.1, 0.15) is 40.0 Å². The van der Waals surface area contributed by atoms with Gasteiger partial charge in [-0.25, -0.2) is 9.59 Å². The molecule has 0 amide bonds. The first-order valence-electron chi connectivity index (χ1n) is 8.62. The summed E-state index contributed by atoms with van der Waals surface area (Å²) in [6.07, 6.45) is -8.31. The third-order valence-electron chi connectivity index (χ3n) is 3.41. The molecule has 0 aromatic rings. The lowest BCUT2D eigenvalue weighted by atomic mass is 10.1. The molecule has 0 saturated heterocycles. The topological polar surface area (TPSA) is 61.8 Å². The van der Waals surface area contributed by atoms with Gasteiger partial charge in [-0.2, -0.15) is 30.7 Å². The summed E-state index contributed by atoms with van der Waals surface area (Å²) in [4.78, 5) is 23.8. The zero-order chi connectivity index (χ0) is 24.0. The smallest absolute Gasteiger partial charge is 0.460 e. The number of carbonyl (C=O) groups excluding carboxylic acids is 2. The van der Waals surface area contributed by atoms with Crippen LogP contribution in [0, 0.1) is 5.92 Å². The van der Waals surface area contributed by atoms with Gasteiger partial charge in [0.1, 0.15) is 0 Å². The Hall–Kier alpha value is -1.50. The number of carbonyl (C=O) groups is 2. The van der Waals surface area contributed by atoms with Crippen LogP contribution in [0.5, 0.6) is 0 Å². The number of unbranched alkanes of at least 4 members (excludes halogenated alkanes) is 1. The molecule has 0 heterocycles. The molecular weight excluding hydrogens is 449 g/mol. The van der Waals surface area contributed by atoms with Crippen molar-refractivity contribution in [3.05, 3.63) is 12.2 Å². The molecule has 1 atom stereocenters. The van der Waals surface area contributed by atoms with E-state index in [1.165, 1.54) is 13.8 Å². The first-order chi connectivity index (χ1) is 13.4. The lowest BCUT2D eigenvalue weighted by Gasteiger charge is -2.32. The largest absolute Gasteiger partial charge is 0.468 e. The minimum Gasteiger partial charge on any atom is -0.460 e. The average molecular weight is 472 g/mol. The molecule has 0 aromatic carbocycles. The number of esters is 2. The lowest BCUT2D eigenvalue weighted by molar-refractivity contribution is -0.355. The third kappa shape index (κ3) is 7.97. The molecule has 0 spiro atoms. The Kier molecular flexibility index (Phi) is 10.2. The van der Waals surface area contributed by atoms with Gasteiger partial charge in [-0.1, -0.05) is 33.1 Å². The highest BCUT2D eigenvalue weighted by Crippen LogP contribution is 2.41. The molecule has 0 fully saturated rings. The van der Waals surface area contributed by atoms with Gasteiger partial charge in [-0.15, -0.1) is 0 Å². The van der Waals surface area contributed by atoms with Crippen LogP contribution in [0.15, 0.2) is 12.2 Å². The Labute approximate surface area is 174 Å². The number of halogens is 7. The number of hydrogen-bond acceptors (Lipinski definition) is 6. The van der Waals surface area contributed by atoms with Gasteiger partial charge in [0.15, 0.2) is 0 Å². The molecule has 0 aliphatic heterocycles. The summed E-state index contributed by atoms with van der Waals surface area (Å²) in [5, 5.41) is -4.62. The second kappa shape index (κ2) is 10.7. The van der Waals surface area contributed by atoms with Crippen LogP contribution in [-0.2, 0) is 23.8 Å². The summed E-state index contributed by atoms with van der Waals surface area (Å²) in [6.45, 7) is 5.68. The molecule has 1 unspecified atom stereocenters. The van der Waals surface area contributed by atoms with Gasteiger partial charge >= 0.3 is 35.1 Å². The van der Waals surface area contributed by atoms with Gasteiger partial charge in [-0.05, 0) is 25.7 Å². The van der Waals surface area contributed by atoms with Gasteiger partial charge in [0.2, 0.25) is 0 Å². The highest BCUT2D eigenvalue weighted by molar-refractivity contribution is 7.81. The molecule has 0 aliphatic carbocycles. The van der Waals surface area contributed by atoms with Gasteiger partial charge in [-0.3, -0.25) is 0 Å². The fraction of sp³-hybridized carbons (Fsp3) is 0.765. The predicted molar refractivity (Wildman–Crippen MR) is 94.2 cm³/mol. The molecule has 0 aromatic heterocycles. The van der Waals surface area contributed by atoms with E-state index in [9.17, 15) is 40.3 Å². The lowest BCUT2D eigenvalue weighted by Crippen LogP contribution is -2.58. The second-order valence-electron chi connectivity index (χ2n) is 6.83. The van der Waals surface area contributed by atoms with Crippen LogP contribution in [0.4, 0.5) is 30.7 Å². The molecular formula is C17H23F7O5S. The van der Waals surface area contributed by atoms with Crippen molar-refractivity contribution in [3.8, 4) is 0 Å². The van der Waals surface area contributed by atoms with Crippen molar-refractivity contribution in [2.75, 3.05) is 13.2 Å². The Balaban J connectivity index is 5.44. The van der Waals surface area contributed by atoms with Crippen LogP contribution in [0.25, 0.3) is 0 Å². The maximum absolute atomic E-state index is 13.7. The average Bonchev–Trinajstić information content (AvgIpc) is 2.55. The van der Waals surface area contributed by atoms with E-state index in [-0.39, 0.29) is 5.92 Å². The first-order valence-corrected chi connectivity index (χ1v) is 9.07. The van der Waals surface area contributed by atoms with Crippen LogP contribution in [-0.4, -0.2) is 48.3 Å². The van der Waals surface area contributed by atoms with Crippen molar-refractivity contribution in [1.82, 2.24) is 0 Å². The minimum absolute atomic E-state index is 0.373. The van der Waals surface area contributed by atoms with E-state index in [2.05, 4.69) is 33.4 Å². The standard InChI is InChI=1S/C17H23F7O5S/c1-10(2)9-27-13(26)15(16(20,21)22,29-12(25)11(3)4)28-8-6-5-7-14(18,19)17(23,24)30/h10,30H,3,5-9H2,1-2,4H3. The van der Waals surface area contributed by atoms with E-state index in [0.29, 0.717) is 0 Å². The molecule has 0 radical (unpaired) electrons. The van der Waals surface area contributed by atoms with E-state index < -0.39 is 73.1 Å². The number of rotatable bonds is 12. The quantitative estimate of drug-likeness (QED) is 0.109. The normalized spacial score (nSPS) is 14.9. The molecule has 30 heavy (non-hydrogen) atoms. The van der Waals surface area contributed by atoms with Crippen molar-refractivity contribution in [2.24, 2.45) is 5.92 Å². The Morgan fingerprint density at radius 1 is 1.03 bits per heavy atom. The molecule has 5 nitrogen and oxygen atoms in total. The fourth-order valence-electron chi connectivity index (χ4n) is 1.76. The maximum atomic E-state index is 13.7. The van der Waals surface area contributed by atoms with Gasteiger partial charge < -0.3 is 14.2 Å². The molecule has 0 aliphatic rings. The molecule has 0 N–H and O–H groups in total. The Morgan fingerprint density at radius 2 is 1.57 bits per heavy atom. The van der Waals surface area contributed by atoms with Crippen LogP contribution in [0.3, 0.4) is 0 Å². The van der Waals surface area contributed by atoms with Crippen LogP contribution >= 0.6 is 12.6 Å². The van der Waals surface area contributed by atoms with E-state index in [4.69, 9.17) is 0 Å². The highest BCUT2D eigenvalue weighted by Gasteiger charge is 2.67. The number of thiol groups is 1. The van der Waals surface area contributed by atoms with Crippen molar-refractivity contribution < 1.29 is 54.5 Å². The number of ether oxygens (including phenoxy) is 3. The summed E-state index contributed by atoms with van der Waals surface area (Å²) in [5.41, 5.74) is -0.487. The van der Waals surface area contributed by atoms with Gasteiger partial charge in [0.05, 0.1) is 13.2 Å². The van der Waals surface area contributed by atoms with Crippen molar-refractivity contribution >= 4 is 24.6 Å². The zero-order valence-electron chi connectivity index (χ0n) is 16.5. The van der Waals surface area contributed by atoms with Gasteiger partial charge in [0, 0.05) is 12.0 Å². The van der Waals surface area contributed by atoms with Crippen molar-refractivity contribution in [1.29, 1.82) is 0 Å². The highest BCUT2D eigenvalue weighted by atomic mass is 32.1. The third-order valence-corrected chi connectivity index (χ3v) is 3.73. The van der Waals surface area contributed by atoms with Gasteiger partial charge in [0.25, 0.3) is 0 Å². The van der Waals surface area contributed by atoms with E-state index in [0.717, 1.165) is 6.92 Å². The van der Waals surface area contributed by atoms with Crippen LogP contribution < -0.4 is 0 Å². The summed E-state index contributed by atoms with van der Waals surface area (Å²) >= 11 is 2.48. The molecule has 0 rings (SSSR count). The van der Waals surface area contributed by atoms with Crippen molar-refractivity contribution in [3.63, 3.8) is 0 Å². The molecule has 176 valence electrons. The molecule has 0 saturated carbocycles. The van der Waals surface area contributed by atoms with E-state index in [1.807, 2.05) is 0 Å². The number of hydrogen-bond donors (Lipinski definition) is 1. The summed E-state index contributed by atoms with van der Waals surface area (Å²) in [6, 6.07) is 0. The van der Waals surface area contributed by atoms with Crippen LogP contribution in [0.2, 0.25) is 0 Å². The Bertz CT molecular complexity index is 617. The summed E-state index contributed by atoms with van der Waals surface area (Å²) in [7, 11) is 0. The number of alkyl halides is 7. The van der Waals surface area contributed by atoms with E-state index >= 15 is 0 Å². The SMILES string of the molecule is C=C(C)C(=O)OC(OCCCCC(F)(F)C(F)(F)S)(C(=O)OCC(C)C)C(F)(F)F. The first kappa shape index (κ1) is 28.5. The summed E-state index contributed by atoms with van der Waals surface area (Å²) < 4.78 is 106. The predicted octanol–water partition coefficient (Wildman–Crippen LogP) is 4.91. The Morgan fingerprint density at radius 3 is 1.97 bits per heavy atom. The minimum atomic E-state index is -5.60. The monoisotopic (exact) mass is 472 g/mol. The van der Waals surface area contributed by atoms with E-state index in [1.54, 1.807) is 0 Å². The molecule has 13 heteroatoms.